The number of nitrogens with two attached hydrogens (primary N) is 1. The van der Waals surface area contributed by atoms with E-state index in [1.165, 1.54) is 12.3 Å². The number of alkyl halides is 3. The van der Waals surface area contributed by atoms with E-state index in [1.54, 1.807) is 0 Å². The number of hydrogen-bond donors (Lipinski definition) is 2. The Hall–Kier alpha value is -1.99. The fourth-order valence-electron chi connectivity index (χ4n) is 1.46. The third-order valence-electron chi connectivity index (χ3n) is 2.52. The van der Waals surface area contributed by atoms with Gasteiger partial charge in [0.2, 0.25) is 5.88 Å². The van der Waals surface area contributed by atoms with Crippen LogP contribution in [0.5, 0.6) is 5.88 Å². The Morgan fingerprint density at radius 2 is 2.24 bits per heavy atom. The molecule has 0 radical (unpaired) electrons. The molecule has 1 heterocycles. The molecule has 1 aromatic heterocycles. The molecule has 1 aromatic rings. The second-order valence-electron chi connectivity index (χ2n) is 4.25. The van der Waals surface area contributed by atoms with Crippen molar-refractivity contribution in [3.8, 4) is 5.88 Å². The Morgan fingerprint density at radius 3 is 2.90 bits per heavy atom. The van der Waals surface area contributed by atoms with E-state index in [1.807, 2.05) is 6.92 Å². The maximum Gasteiger partial charge on any atom is 0.421 e. The smallest absolute Gasteiger partial charge is 0.421 e. The minimum absolute atomic E-state index is 0.00406. The molecule has 8 heteroatoms. The van der Waals surface area contributed by atoms with Crippen molar-refractivity contribution >= 4 is 5.96 Å². The number of nitrogens with zero attached hydrogens (tertiary/aromatic N) is 2. The quantitative estimate of drug-likeness (QED) is 0.460. The Labute approximate surface area is 121 Å². The van der Waals surface area contributed by atoms with E-state index < -0.39 is 17.6 Å². The summed E-state index contributed by atoms with van der Waals surface area (Å²) in [5.74, 6) is -0.183. The fourth-order valence-corrected chi connectivity index (χ4v) is 1.46. The largest absolute Gasteiger partial charge is 0.475 e. The highest BCUT2D eigenvalue weighted by Crippen LogP contribution is 2.34. The zero-order valence-electron chi connectivity index (χ0n) is 11.8. The molecule has 0 atom stereocenters. The molecule has 21 heavy (non-hydrogen) atoms. The molecule has 3 N–H and O–H groups in total. The van der Waals surface area contributed by atoms with Crippen molar-refractivity contribution < 1.29 is 17.9 Å². The average Bonchev–Trinajstić information content (AvgIpc) is 2.43. The molecule has 0 aliphatic carbocycles. The lowest BCUT2D eigenvalue weighted by Crippen LogP contribution is -2.35. The van der Waals surface area contributed by atoms with Gasteiger partial charge >= 0.3 is 6.18 Å². The number of hydrogen-bond acceptors (Lipinski definition) is 3. The van der Waals surface area contributed by atoms with Crippen LogP contribution in [-0.4, -0.2) is 30.6 Å². The zero-order chi connectivity index (χ0) is 15.7. The first-order valence-electron chi connectivity index (χ1n) is 6.64. The summed E-state index contributed by atoms with van der Waals surface area (Å²) in [4.78, 5) is 7.64. The molecule has 0 aliphatic heterocycles. The lowest BCUT2D eigenvalue weighted by molar-refractivity contribution is -0.139. The second kappa shape index (κ2) is 8.33. The number of pyridine rings is 1. The van der Waals surface area contributed by atoms with Gasteiger partial charge in [-0.15, -0.1) is 0 Å². The van der Waals surface area contributed by atoms with Crippen molar-refractivity contribution in [1.29, 1.82) is 0 Å². The van der Waals surface area contributed by atoms with Crippen molar-refractivity contribution in [2.24, 2.45) is 10.7 Å². The number of unbranched alkanes of at least 4 members (excludes halogenated alkanes) is 1. The molecule has 0 saturated carbocycles. The SMILES string of the molecule is CCCCN=C(N)NCCOc1ncccc1C(F)(F)F. The summed E-state index contributed by atoms with van der Waals surface area (Å²) in [7, 11) is 0. The summed E-state index contributed by atoms with van der Waals surface area (Å²) in [5.41, 5.74) is 4.69. The predicted molar refractivity (Wildman–Crippen MR) is 74.1 cm³/mol. The van der Waals surface area contributed by atoms with Crippen LogP contribution in [0.15, 0.2) is 23.3 Å². The van der Waals surface area contributed by atoms with Gasteiger partial charge in [0.1, 0.15) is 12.2 Å². The molecule has 1 rings (SSSR count). The average molecular weight is 304 g/mol. The maximum absolute atomic E-state index is 12.7. The summed E-state index contributed by atoms with van der Waals surface area (Å²) in [6.07, 6.45) is -1.29. The minimum atomic E-state index is -4.49. The standard InChI is InChI=1S/C13H19F3N4O/c1-2-3-6-19-12(17)20-8-9-21-11-10(13(14,15)16)5-4-7-18-11/h4-5,7H,2-3,6,8-9H2,1H3,(H3,17,19,20). The Bertz CT molecular complexity index is 463. The van der Waals surface area contributed by atoms with Crippen LogP contribution < -0.4 is 15.8 Å². The highest BCUT2D eigenvalue weighted by Gasteiger charge is 2.34. The molecule has 0 aromatic carbocycles. The first-order chi connectivity index (χ1) is 9.95. The molecule has 0 unspecified atom stereocenters. The van der Waals surface area contributed by atoms with Gasteiger partial charge in [0.15, 0.2) is 5.96 Å². The van der Waals surface area contributed by atoms with Crippen molar-refractivity contribution in [2.45, 2.75) is 25.9 Å². The number of nitrogens with one attached hydrogen (secondary N) is 1. The van der Waals surface area contributed by atoms with Gasteiger partial charge in [0.05, 0.1) is 6.54 Å². The highest BCUT2D eigenvalue weighted by molar-refractivity contribution is 5.77. The van der Waals surface area contributed by atoms with Crippen LogP contribution in [0.2, 0.25) is 0 Å². The van der Waals surface area contributed by atoms with Gasteiger partial charge in [-0.25, -0.2) is 4.98 Å². The predicted octanol–water partition coefficient (Wildman–Crippen LogP) is 2.18. The Balaban J connectivity index is 2.42. The normalized spacial score (nSPS) is 12.3. The minimum Gasteiger partial charge on any atom is -0.475 e. The number of aromatic nitrogens is 1. The molecule has 0 saturated heterocycles. The van der Waals surface area contributed by atoms with Crippen molar-refractivity contribution in [2.75, 3.05) is 19.7 Å². The number of ether oxygens (including phenoxy) is 1. The van der Waals surface area contributed by atoms with Crippen molar-refractivity contribution in [3.05, 3.63) is 23.9 Å². The molecule has 5 nitrogen and oxygen atoms in total. The fraction of sp³-hybridized carbons (Fsp3) is 0.538. The number of rotatable bonds is 7. The molecule has 0 aliphatic rings. The highest BCUT2D eigenvalue weighted by atomic mass is 19.4. The van der Waals surface area contributed by atoms with Gasteiger partial charge in [-0.05, 0) is 18.6 Å². The molecular weight excluding hydrogens is 285 g/mol. The molecule has 0 fully saturated rings. The first-order valence-corrected chi connectivity index (χ1v) is 6.64. The van der Waals surface area contributed by atoms with Gasteiger partial charge in [-0.1, -0.05) is 13.3 Å². The van der Waals surface area contributed by atoms with E-state index in [4.69, 9.17) is 10.5 Å². The third kappa shape index (κ3) is 6.33. The number of halogens is 3. The topological polar surface area (TPSA) is 72.5 Å². The lowest BCUT2D eigenvalue weighted by Gasteiger charge is -2.12. The molecule has 0 spiro atoms. The van der Waals surface area contributed by atoms with E-state index in [0.717, 1.165) is 18.9 Å². The summed E-state index contributed by atoms with van der Waals surface area (Å²) >= 11 is 0. The van der Waals surface area contributed by atoms with Gasteiger partial charge in [-0.3, -0.25) is 4.99 Å². The van der Waals surface area contributed by atoms with E-state index in [-0.39, 0.29) is 19.1 Å². The number of guanidine groups is 1. The molecule has 0 bridgehead atoms. The van der Waals surface area contributed by atoms with Crippen LogP contribution in [0, 0.1) is 0 Å². The van der Waals surface area contributed by atoms with Gasteiger partial charge in [0.25, 0.3) is 0 Å². The Kier molecular flexibility index (Phi) is 6.77. The third-order valence-corrected chi connectivity index (χ3v) is 2.52. The summed E-state index contributed by atoms with van der Waals surface area (Å²) < 4.78 is 43.1. The maximum atomic E-state index is 12.7. The van der Waals surface area contributed by atoms with Crippen LogP contribution in [0.25, 0.3) is 0 Å². The van der Waals surface area contributed by atoms with Crippen LogP contribution >= 0.6 is 0 Å². The van der Waals surface area contributed by atoms with Crippen LogP contribution in [0.4, 0.5) is 13.2 Å². The van der Waals surface area contributed by atoms with Crippen molar-refractivity contribution in [3.63, 3.8) is 0 Å². The van der Waals surface area contributed by atoms with E-state index in [0.29, 0.717) is 6.54 Å². The lowest BCUT2D eigenvalue weighted by atomic mass is 10.2. The molecule has 0 amide bonds. The molecule has 118 valence electrons. The number of aliphatic imine (C=N–C) groups is 1. The van der Waals surface area contributed by atoms with Crippen LogP contribution in [0.3, 0.4) is 0 Å². The first kappa shape index (κ1) is 17.1. The summed E-state index contributed by atoms with van der Waals surface area (Å²) in [5, 5.41) is 2.76. The zero-order valence-corrected chi connectivity index (χ0v) is 11.8. The van der Waals surface area contributed by atoms with Gasteiger partial charge in [0, 0.05) is 12.7 Å². The Morgan fingerprint density at radius 1 is 1.48 bits per heavy atom. The second-order valence-corrected chi connectivity index (χ2v) is 4.25. The molecular formula is C13H19F3N4O. The van der Waals surface area contributed by atoms with Gasteiger partial charge < -0.3 is 15.8 Å². The van der Waals surface area contributed by atoms with Crippen molar-refractivity contribution in [1.82, 2.24) is 10.3 Å². The summed E-state index contributed by atoms with van der Waals surface area (Å²) in [6, 6.07) is 2.14. The van der Waals surface area contributed by atoms with Crippen LogP contribution in [-0.2, 0) is 6.18 Å². The summed E-state index contributed by atoms with van der Waals surface area (Å²) in [6.45, 7) is 2.91. The van der Waals surface area contributed by atoms with E-state index in [9.17, 15) is 13.2 Å². The van der Waals surface area contributed by atoms with E-state index in [2.05, 4.69) is 15.3 Å². The van der Waals surface area contributed by atoms with Crippen LogP contribution in [0.1, 0.15) is 25.3 Å². The monoisotopic (exact) mass is 304 g/mol. The van der Waals surface area contributed by atoms with E-state index >= 15 is 0 Å². The van der Waals surface area contributed by atoms with Gasteiger partial charge in [-0.2, -0.15) is 13.2 Å².